The third kappa shape index (κ3) is 6.27. The molecule has 2 heteroatoms. The minimum Gasteiger partial charge on any atom is -0.310 e. The van der Waals surface area contributed by atoms with Gasteiger partial charge >= 0.3 is 0 Å². The van der Waals surface area contributed by atoms with Crippen LogP contribution in [0.15, 0.2) is 231 Å². The lowest BCUT2D eigenvalue weighted by Gasteiger charge is -2.43. The van der Waals surface area contributed by atoms with Crippen LogP contribution in [0.5, 0.6) is 0 Å². The molecule has 0 unspecified atom stereocenters. The van der Waals surface area contributed by atoms with Crippen molar-refractivity contribution in [3.8, 4) is 33.4 Å². The van der Waals surface area contributed by atoms with Gasteiger partial charge in [-0.05, 0) is 110 Å². The van der Waals surface area contributed by atoms with Gasteiger partial charge in [0.2, 0.25) is 0 Å². The van der Waals surface area contributed by atoms with Crippen LogP contribution >= 0.6 is 0 Å². The Morgan fingerprint density at radius 3 is 1.69 bits per heavy atom. The average molecular weight is 781 g/mol. The van der Waals surface area contributed by atoms with Gasteiger partial charge in [-0.15, -0.1) is 0 Å². The molecule has 0 bridgehead atoms. The lowest BCUT2D eigenvalue weighted by molar-refractivity contribution is 0.632. The minimum absolute atomic E-state index is 0.267. The Morgan fingerprint density at radius 2 is 0.885 bits per heavy atom. The van der Waals surface area contributed by atoms with Gasteiger partial charge in [-0.2, -0.15) is 0 Å². The van der Waals surface area contributed by atoms with E-state index in [1.807, 2.05) is 0 Å². The largest absolute Gasteiger partial charge is 0.310 e. The fourth-order valence-corrected chi connectivity index (χ4v) is 9.58. The molecular weight excluding hydrogens is 737 g/mol. The molecule has 0 saturated heterocycles. The molecule has 1 heterocycles. The Labute approximate surface area is 358 Å². The third-order valence-corrected chi connectivity index (χ3v) is 12.6. The van der Waals surface area contributed by atoms with Gasteiger partial charge in [-0.25, -0.2) is 0 Å². The summed E-state index contributed by atoms with van der Waals surface area (Å²) in [6.07, 6.45) is 0. The maximum Gasteiger partial charge on any atom is 0.0618 e. The second-order valence-electron chi connectivity index (χ2n) is 16.6. The fourth-order valence-electron chi connectivity index (χ4n) is 9.58. The van der Waals surface area contributed by atoms with Crippen molar-refractivity contribution >= 4 is 55.7 Å². The van der Waals surface area contributed by atoms with Crippen LogP contribution in [-0.4, -0.2) is 0 Å². The van der Waals surface area contributed by atoms with E-state index in [1.54, 1.807) is 0 Å². The monoisotopic (exact) mass is 780 g/mol. The molecule has 290 valence electrons. The van der Waals surface area contributed by atoms with Crippen molar-refractivity contribution in [2.75, 3.05) is 9.80 Å². The highest BCUT2D eigenvalue weighted by Crippen LogP contribution is 2.56. The first-order valence-corrected chi connectivity index (χ1v) is 21.2. The number of nitrogens with zero attached hydrogens (tertiary/aromatic N) is 2. The van der Waals surface area contributed by atoms with Gasteiger partial charge in [0.1, 0.15) is 0 Å². The van der Waals surface area contributed by atoms with E-state index in [0.717, 1.165) is 17.1 Å². The molecule has 1 aliphatic rings. The summed E-state index contributed by atoms with van der Waals surface area (Å²) in [7, 11) is 0. The summed E-state index contributed by atoms with van der Waals surface area (Å²) >= 11 is 0. The van der Waals surface area contributed by atoms with Crippen LogP contribution < -0.4 is 9.80 Å². The zero-order valence-corrected chi connectivity index (χ0v) is 34.3. The molecule has 0 radical (unpaired) electrons. The highest BCUT2D eigenvalue weighted by molar-refractivity contribution is 6.11. The Bertz CT molecular complexity index is 3210. The molecule has 10 aromatic rings. The van der Waals surface area contributed by atoms with Gasteiger partial charge in [0, 0.05) is 33.4 Å². The van der Waals surface area contributed by atoms with E-state index < -0.39 is 0 Å². The Balaban J connectivity index is 1.07. The topological polar surface area (TPSA) is 6.48 Å². The fraction of sp³-hybridized carbons (Fsp3) is 0.0508. The van der Waals surface area contributed by atoms with E-state index in [2.05, 4.69) is 254 Å². The van der Waals surface area contributed by atoms with E-state index >= 15 is 0 Å². The molecule has 0 fully saturated rings. The van der Waals surface area contributed by atoms with Gasteiger partial charge in [0.05, 0.1) is 17.1 Å². The van der Waals surface area contributed by atoms with Gasteiger partial charge in [-0.1, -0.05) is 190 Å². The SMILES string of the molecule is CC1(C)c2ccccc2N(c2c(-c3cccc4ccccc34)ccc3ccccc23)c2ccc(-c3cccc(N(c4ccccc4)c4ccc(-c5ccccc5)cc4)c3)cc21. The van der Waals surface area contributed by atoms with Crippen molar-refractivity contribution < 1.29 is 0 Å². The molecule has 0 spiro atoms. The van der Waals surface area contributed by atoms with E-state index in [1.165, 1.54) is 83.1 Å². The van der Waals surface area contributed by atoms with Crippen molar-refractivity contribution in [3.63, 3.8) is 0 Å². The van der Waals surface area contributed by atoms with Crippen LogP contribution in [0.25, 0.3) is 54.9 Å². The van der Waals surface area contributed by atoms with E-state index in [4.69, 9.17) is 0 Å². The molecule has 0 atom stereocenters. The summed E-state index contributed by atoms with van der Waals surface area (Å²) in [6, 6.07) is 84.2. The summed E-state index contributed by atoms with van der Waals surface area (Å²) in [4.78, 5) is 4.90. The summed E-state index contributed by atoms with van der Waals surface area (Å²) in [5.41, 5.74) is 16.5. The van der Waals surface area contributed by atoms with Gasteiger partial charge in [0.15, 0.2) is 0 Å². The lowest BCUT2D eigenvalue weighted by atomic mass is 9.72. The maximum atomic E-state index is 2.55. The lowest BCUT2D eigenvalue weighted by Crippen LogP contribution is -2.31. The zero-order chi connectivity index (χ0) is 40.9. The smallest absolute Gasteiger partial charge is 0.0618 e. The standard InChI is InChI=1S/C59H44N2/c1-59(2)54-29-13-14-30-56(54)61(58-51-27-12-10-20-44(51)33-37-53(58)52-28-16-21-43-19-9-11-26-50(43)52)57-38-34-46(40-55(57)59)45-22-15-25-49(39-45)60(47-23-7-4-8-24-47)48-35-31-42(32-36-48)41-17-5-3-6-18-41/h3-40H,1-2H3. The molecular formula is C59H44N2. The summed E-state index contributed by atoms with van der Waals surface area (Å²) in [6.45, 7) is 4.76. The molecule has 0 saturated carbocycles. The zero-order valence-electron chi connectivity index (χ0n) is 34.3. The van der Waals surface area contributed by atoms with Crippen molar-refractivity contribution in [2.24, 2.45) is 0 Å². The van der Waals surface area contributed by atoms with Crippen LogP contribution in [0, 0.1) is 0 Å². The predicted molar refractivity (Wildman–Crippen MR) is 259 cm³/mol. The Morgan fingerprint density at radius 1 is 0.344 bits per heavy atom. The number of hydrogen-bond donors (Lipinski definition) is 0. The number of rotatable bonds is 7. The number of anilines is 6. The molecule has 2 nitrogen and oxygen atoms in total. The molecule has 10 aromatic carbocycles. The van der Waals surface area contributed by atoms with Crippen LogP contribution in [0.4, 0.5) is 34.1 Å². The van der Waals surface area contributed by atoms with Gasteiger partial charge in [0.25, 0.3) is 0 Å². The van der Waals surface area contributed by atoms with Crippen molar-refractivity contribution in [1.29, 1.82) is 0 Å². The van der Waals surface area contributed by atoms with Gasteiger partial charge < -0.3 is 9.80 Å². The van der Waals surface area contributed by atoms with Gasteiger partial charge in [-0.3, -0.25) is 0 Å². The molecule has 61 heavy (non-hydrogen) atoms. The van der Waals surface area contributed by atoms with Crippen LogP contribution in [-0.2, 0) is 5.41 Å². The summed E-state index contributed by atoms with van der Waals surface area (Å²) in [5.74, 6) is 0. The van der Waals surface area contributed by atoms with Crippen LogP contribution in [0.3, 0.4) is 0 Å². The number of benzene rings is 10. The average Bonchev–Trinajstić information content (AvgIpc) is 3.32. The first-order chi connectivity index (χ1) is 30.0. The second-order valence-corrected chi connectivity index (χ2v) is 16.6. The minimum atomic E-state index is -0.267. The molecule has 1 aliphatic heterocycles. The number of fused-ring (bicyclic) bond motifs is 4. The predicted octanol–water partition coefficient (Wildman–Crippen LogP) is 16.6. The van der Waals surface area contributed by atoms with Crippen molar-refractivity contribution in [1.82, 2.24) is 0 Å². The van der Waals surface area contributed by atoms with E-state index in [9.17, 15) is 0 Å². The summed E-state index contributed by atoms with van der Waals surface area (Å²) in [5, 5.41) is 4.93. The highest BCUT2D eigenvalue weighted by Gasteiger charge is 2.38. The normalized spacial score (nSPS) is 12.9. The molecule has 11 rings (SSSR count). The molecule has 0 amide bonds. The molecule has 0 N–H and O–H groups in total. The van der Waals surface area contributed by atoms with Crippen molar-refractivity contribution in [2.45, 2.75) is 19.3 Å². The number of hydrogen-bond acceptors (Lipinski definition) is 2. The first-order valence-electron chi connectivity index (χ1n) is 21.2. The van der Waals surface area contributed by atoms with E-state index in [-0.39, 0.29) is 5.41 Å². The third-order valence-electron chi connectivity index (χ3n) is 12.6. The maximum absolute atomic E-state index is 2.55. The summed E-state index contributed by atoms with van der Waals surface area (Å²) < 4.78 is 0. The van der Waals surface area contributed by atoms with E-state index in [0.29, 0.717) is 0 Å². The molecule has 0 aromatic heterocycles. The molecule has 0 aliphatic carbocycles. The number of para-hydroxylation sites is 2. The van der Waals surface area contributed by atoms with Crippen LogP contribution in [0.1, 0.15) is 25.0 Å². The Hall–Kier alpha value is -7.68. The van der Waals surface area contributed by atoms with Crippen molar-refractivity contribution in [3.05, 3.63) is 242 Å². The van der Waals surface area contributed by atoms with Crippen LogP contribution in [0.2, 0.25) is 0 Å². The Kier molecular flexibility index (Phi) is 8.86. The second kappa shape index (κ2) is 14.9. The quantitative estimate of drug-likeness (QED) is 0.159. The first kappa shape index (κ1) is 36.4. The highest BCUT2D eigenvalue weighted by atomic mass is 15.2.